The zero-order valence-electron chi connectivity index (χ0n) is 14.2. The van der Waals surface area contributed by atoms with Crippen molar-refractivity contribution in [1.82, 2.24) is 10.2 Å². The van der Waals surface area contributed by atoms with Crippen LogP contribution in [0.15, 0.2) is 0 Å². The fraction of sp³-hybridized carbons (Fsp3) is 0.833. The van der Waals surface area contributed by atoms with E-state index in [1.165, 1.54) is 12.8 Å². The zero-order valence-corrected chi connectivity index (χ0v) is 14.2. The van der Waals surface area contributed by atoms with Gasteiger partial charge in [0.2, 0.25) is 11.8 Å². The van der Waals surface area contributed by atoms with E-state index in [0.29, 0.717) is 0 Å². The Labute approximate surface area is 139 Å². The molecule has 0 heterocycles. The molecule has 2 aliphatic rings. The van der Waals surface area contributed by atoms with Crippen molar-refractivity contribution in [3.63, 3.8) is 0 Å². The van der Waals surface area contributed by atoms with Crippen LogP contribution in [0.25, 0.3) is 0 Å². The summed E-state index contributed by atoms with van der Waals surface area (Å²) in [6.07, 6.45) is 10.9. The van der Waals surface area contributed by atoms with Crippen LogP contribution in [-0.2, 0) is 9.59 Å². The smallest absolute Gasteiger partial charge is 0.235 e. The lowest BCUT2D eigenvalue weighted by Crippen LogP contribution is -2.49. The van der Waals surface area contributed by atoms with Crippen LogP contribution in [0.3, 0.4) is 0 Å². The van der Waals surface area contributed by atoms with Gasteiger partial charge in [-0.3, -0.25) is 9.59 Å². The molecule has 0 aromatic rings. The number of hydrogen-bond donors (Lipinski definition) is 1. The van der Waals surface area contributed by atoms with Crippen molar-refractivity contribution in [2.75, 3.05) is 13.6 Å². The molecular formula is C18H29N3O2. The van der Waals surface area contributed by atoms with Gasteiger partial charge in [0.1, 0.15) is 12.5 Å². The highest BCUT2D eigenvalue weighted by atomic mass is 16.2. The normalized spacial score (nSPS) is 21.2. The third kappa shape index (κ3) is 4.70. The maximum absolute atomic E-state index is 13.0. The summed E-state index contributed by atoms with van der Waals surface area (Å²) in [4.78, 5) is 27.4. The molecule has 0 aromatic heterocycles. The molecule has 2 saturated carbocycles. The van der Waals surface area contributed by atoms with E-state index in [0.717, 1.165) is 51.4 Å². The van der Waals surface area contributed by atoms with Gasteiger partial charge in [0.05, 0.1) is 6.07 Å². The van der Waals surface area contributed by atoms with Gasteiger partial charge in [-0.15, -0.1) is 0 Å². The van der Waals surface area contributed by atoms with Gasteiger partial charge >= 0.3 is 0 Å². The van der Waals surface area contributed by atoms with Crippen molar-refractivity contribution in [3.05, 3.63) is 0 Å². The van der Waals surface area contributed by atoms with Crippen molar-refractivity contribution in [2.24, 2.45) is 11.8 Å². The van der Waals surface area contributed by atoms with Crippen LogP contribution in [0.1, 0.15) is 64.2 Å². The first-order chi connectivity index (χ1) is 11.1. The monoisotopic (exact) mass is 319 g/mol. The first kappa shape index (κ1) is 17.8. The lowest BCUT2D eigenvalue weighted by Gasteiger charge is -2.36. The van der Waals surface area contributed by atoms with E-state index < -0.39 is 5.92 Å². The molecule has 0 spiro atoms. The molecule has 2 aliphatic carbocycles. The van der Waals surface area contributed by atoms with E-state index >= 15 is 0 Å². The Balaban J connectivity index is 2.08. The van der Waals surface area contributed by atoms with Crippen LogP contribution in [0.4, 0.5) is 0 Å². The molecule has 2 amide bonds. The molecule has 1 atom stereocenters. The minimum atomic E-state index is -0.615. The Kier molecular flexibility index (Phi) is 6.88. The van der Waals surface area contributed by atoms with Crippen molar-refractivity contribution in [1.29, 1.82) is 5.26 Å². The molecule has 1 unspecified atom stereocenters. The van der Waals surface area contributed by atoms with Crippen molar-refractivity contribution < 1.29 is 9.59 Å². The first-order valence-electron chi connectivity index (χ1n) is 9.06. The lowest BCUT2D eigenvalue weighted by atomic mass is 9.78. The number of nitrogens with zero attached hydrogens (tertiary/aromatic N) is 2. The van der Waals surface area contributed by atoms with Gasteiger partial charge in [-0.1, -0.05) is 38.5 Å². The second-order valence-corrected chi connectivity index (χ2v) is 6.99. The fourth-order valence-electron chi connectivity index (χ4n) is 4.10. The van der Waals surface area contributed by atoms with E-state index in [4.69, 9.17) is 5.26 Å². The third-order valence-corrected chi connectivity index (χ3v) is 5.48. The molecule has 23 heavy (non-hydrogen) atoms. The van der Waals surface area contributed by atoms with E-state index in [-0.39, 0.29) is 30.3 Å². The van der Waals surface area contributed by atoms with Crippen LogP contribution in [-0.4, -0.2) is 36.3 Å². The highest BCUT2D eigenvalue weighted by Gasteiger charge is 2.38. The van der Waals surface area contributed by atoms with Crippen LogP contribution >= 0.6 is 0 Å². The molecule has 0 radical (unpaired) electrons. The summed E-state index contributed by atoms with van der Waals surface area (Å²) >= 11 is 0. The molecule has 0 bridgehead atoms. The Hall–Kier alpha value is -1.57. The van der Waals surface area contributed by atoms with Crippen LogP contribution < -0.4 is 5.32 Å². The topological polar surface area (TPSA) is 73.2 Å². The lowest BCUT2D eigenvalue weighted by molar-refractivity contribution is -0.146. The second-order valence-electron chi connectivity index (χ2n) is 6.99. The zero-order chi connectivity index (χ0) is 16.7. The second kappa shape index (κ2) is 8.90. The molecule has 1 N–H and O–H groups in total. The van der Waals surface area contributed by atoms with Gasteiger partial charge in [-0.2, -0.15) is 5.26 Å². The van der Waals surface area contributed by atoms with Crippen LogP contribution in [0, 0.1) is 23.2 Å². The van der Waals surface area contributed by atoms with Crippen LogP contribution in [0.5, 0.6) is 0 Å². The molecule has 0 aromatic carbocycles. The van der Waals surface area contributed by atoms with Crippen molar-refractivity contribution in [3.8, 4) is 6.07 Å². The summed E-state index contributed by atoms with van der Waals surface area (Å²) < 4.78 is 0. The third-order valence-electron chi connectivity index (χ3n) is 5.48. The Bertz CT molecular complexity index is 446. The maximum atomic E-state index is 13.0. The molecule has 5 nitrogen and oxygen atoms in total. The van der Waals surface area contributed by atoms with Gasteiger partial charge < -0.3 is 10.2 Å². The maximum Gasteiger partial charge on any atom is 0.235 e. The number of carbonyl (C=O) groups is 2. The molecule has 0 saturated heterocycles. The Morgan fingerprint density at radius 1 is 1.09 bits per heavy atom. The molecule has 2 rings (SSSR count). The number of nitrogens with one attached hydrogen (secondary N) is 1. The molecule has 5 heteroatoms. The van der Waals surface area contributed by atoms with Gasteiger partial charge in [-0.25, -0.2) is 0 Å². The number of carbonyl (C=O) groups excluding carboxylic acids is 2. The first-order valence-corrected chi connectivity index (χ1v) is 9.06. The summed E-state index contributed by atoms with van der Waals surface area (Å²) in [7, 11) is 1.85. The average molecular weight is 319 g/mol. The van der Waals surface area contributed by atoms with Crippen molar-refractivity contribution >= 4 is 11.8 Å². The molecule has 2 fully saturated rings. The van der Waals surface area contributed by atoms with Gasteiger partial charge in [-0.05, 0) is 31.6 Å². The number of amides is 2. The SMILES string of the molecule is CN(C(=O)C(C(=O)NCC#N)C1CCCCC1)C1CCCCC1. The average Bonchev–Trinajstić information content (AvgIpc) is 2.61. The Morgan fingerprint density at radius 3 is 2.22 bits per heavy atom. The predicted octanol–water partition coefficient (Wildman–Crippen LogP) is 2.61. The largest absolute Gasteiger partial charge is 0.342 e. The number of nitriles is 1. The van der Waals surface area contributed by atoms with Gasteiger partial charge in [0.25, 0.3) is 0 Å². The summed E-state index contributed by atoms with van der Waals surface area (Å²) in [6.45, 7) is -0.0253. The fourth-order valence-corrected chi connectivity index (χ4v) is 4.10. The summed E-state index contributed by atoms with van der Waals surface area (Å²) in [5, 5.41) is 11.3. The summed E-state index contributed by atoms with van der Waals surface area (Å²) in [6, 6.07) is 2.20. The summed E-state index contributed by atoms with van der Waals surface area (Å²) in [5.41, 5.74) is 0. The number of rotatable bonds is 5. The molecule has 0 aliphatic heterocycles. The summed E-state index contributed by atoms with van der Waals surface area (Å²) in [5.74, 6) is -0.790. The minimum absolute atomic E-state index is 0.0253. The van der Waals surface area contributed by atoms with Gasteiger partial charge in [0.15, 0.2) is 0 Å². The van der Waals surface area contributed by atoms with E-state index in [1.807, 2.05) is 18.0 Å². The highest BCUT2D eigenvalue weighted by Crippen LogP contribution is 2.32. The predicted molar refractivity (Wildman–Crippen MR) is 88.3 cm³/mol. The van der Waals surface area contributed by atoms with E-state index in [1.54, 1.807) is 0 Å². The standard InChI is InChI=1S/C18H29N3O2/c1-21(15-10-6-3-7-11-15)18(23)16(17(22)20-13-12-19)14-8-4-2-5-9-14/h14-16H,2-11,13H2,1H3,(H,20,22). The Morgan fingerprint density at radius 2 is 1.65 bits per heavy atom. The number of hydrogen-bond acceptors (Lipinski definition) is 3. The van der Waals surface area contributed by atoms with Gasteiger partial charge in [0, 0.05) is 13.1 Å². The quantitative estimate of drug-likeness (QED) is 0.625. The minimum Gasteiger partial charge on any atom is -0.342 e. The van der Waals surface area contributed by atoms with E-state index in [9.17, 15) is 9.59 Å². The van der Waals surface area contributed by atoms with E-state index in [2.05, 4.69) is 5.32 Å². The van der Waals surface area contributed by atoms with Crippen LogP contribution in [0.2, 0.25) is 0 Å². The molecule has 128 valence electrons. The molecular weight excluding hydrogens is 290 g/mol. The van der Waals surface area contributed by atoms with Crippen molar-refractivity contribution in [2.45, 2.75) is 70.3 Å². The highest BCUT2D eigenvalue weighted by molar-refractivity contribution is 6.00.